The number of furan rings is 1. The molecule has 1 aromatic heterocycles. The molecule has 0 aliphatic carbocycles. The second kappa shape index (κ2) is 10.3. The molecule has 1 fully saturated rings. The van der Waals surface area contributed by atoms with E-state index in [1.54, 1.807) is 18.2 Å². The maximum Gasteiger partial charge on any atom is 0.319 e. The fraction of sp³-hybridized carbons (Fsp3) is 0.308. The Morgan fingerprint density at radius 1 is 1.03 bits per heavy atom. The molecule has 1 aliphatic rings. The molecule has 7 nitrogen and oxygen atoms in total. The molecule has 0 atom stereocenters. The molecule has 0 spiro atoms. The van der Waals surface area contributed by atoms with Crippen molar-refractivity contribution in [3.8, 4) is 0 Å². The summed E-state index contributed by atoms with van der Waals surface area (Å²) in [7, 11) is 1.78. The number of hydrogen-bond donors (Lipinski definition) is 2. The van der Waals surface area contributed by atoms with Crippen molar-refractivity contribution in [2.45, 2.75) is 32.4 Å². The molecule has 0 radical (unpaired) electrons. The van der Waals surface area contributed by atoms with Gasteiger partial charge in [0.05, 0.1) is 18.4 Å². The van der Waals surface area contributed by atoms with Gasteiger partial charge in [-0.1, -0.05) is 29.8 Å². The first-order valence-electron chi connectivity index (χ1n) is 11.3. The third kappa shape index (κ3) is 5.74. The first kappa shape index (κ1) is 22.5. The van der Waals surface area contributed by atoms with E-state index < -0.39 is 0 Å². The largest absolute Gasteiger partial charge is 0.467 e. The van der Waals surface area contributed by atoms with Crippen LogP contribution in [0.4, 0.5) is 16.2 Å². The second-order valence-corrected chi connectivity index (χ2v) is 8.48. The van der Waals surface area contributed by atoms with Crippen LogP contribution >= 0.6 is 0 Å². The van der Waals surface area contributed by atoms with Gasteiger partial charge in [-0.25, -0.2) is 4.79 Å². The number of urea groups is 1. The van der Waals surface area contributed by atoms with Gasteiger partial charge in [0.15, 0.2) is 0 Å². The van der Waals surface area contributed by atoms with Crippen LogP contribution in [0.15, 0.2) is 71.3 Å². The van der Waals surface area contributed by atoms with Crippen molar-refractivity contribution in [3.63, 3.8) is 0 Å². The number of carbonyl (C=O) groups excluding carboxylic acids is 2. The van der Waals surface area contributed by atoms with Crippen molar-refractivity contribution in [2.24, 2.45) is 0 Å². The number of hydrogen-bond acceptors (Lipinski definition) is 4. The predicted molar refractivity (Wildman–Crippen MR) is 130 cm³/mol. The number of carbonyl (C=O) groups is 2. The summed E-state index contributed by atoms with van der Waals surface area (Å²) in [4.78, 5) is 29.4. The van der Waals surface area contributed by atoms with Crippen molar-refractivity contribution in [1.29, 1.82) is 0 Å². The molecule has 2 heterocycles. The van der Waals surface area contributed by atoms with Crippen molar-refractivity contribution >= 4 is 23.3 Å². The van der Waals surface area contributed by atoms with Crippen molar-refractivity contribution < 1.29 is 14.0 Å². The highest BCUT2D eigenvalue weighted by atomic mass is 16.3. The lowest BCUT2D eigenvalue weighted by Crippen LogP contribution is -2.46. The Balaban J connectivity index is 1.33. The summed E-state index contributed by atoms with van der Waals surface area (Å²) in [5.74, 6) is 0.707. The Labute approximate surface area is 194 Å². The Kier molecular flexibility index (Phi) is 6.98. The summed E-state index contributed by atoms with van der Waals surface area (Å²) >= 11 is 0. The van der Waals surface area contributed by atoms with Crippen molar-refractivity contribution in [3.05, 3.63) is 83.8 Å². The SMILES string of the molecule is Cc1ccc(NC(=O)NC2CCN(c3ccccc3C(=O)N(C)Cc3ccco3)CC2)cc1. The van der Waals surface area contributed by atoms with E-state index in [4.69, 9.17) is 4.42 Å². The molecule has 172 valence electrons. The van der Waals surface area contributed by atoms with Crippen LogP contribution in [0.1, 0.15) is 34.5 Å². The van der Waals surface area contributed by atoms with E-state index in [9.17, 15) is 9.59 Å². The van der Waals surface area contributed by atoms with Gasteiger partial charge in [-0.2, -0.15) is 0 Å². The maximum absolute atomic E-state index is 13.1. The minimum Gasteiger partial charge on any atom is -0.467 e. The summed E-state index contributed by atoms with van der Waals surface area (Å²) in [6, 6.07) is 19.0. The number of nitrogens with one attached hydrogen (secondary N) is 2. The summed E-state index contributed by atoms with van der Waals surface area (Å²) in [5.41, 5.74) is 3.53. The smallest absolute Gasteiger partial charge is 0.319 e. The number of anilines is 2. The molecule has 1 saturated heterocycles. The van der Waals surface area contributed by atoms with E-state index in [1.807, 2.05) is 67.6 Å². The quantitative estimate of drug-likeness (QED) is 0.578. The lowest BCUT2D eigenvalue weighted by atomic mass is 10.0. The van der Waals surface area contributed by atoms with Crippen LogP contribution in [0.5, 0.6) is 0 Å². The number of nitrogens with zero attached hydrogens (tertiary/aromatic N) is 2. The lowest BCUT2D eigenvalue weighted by Gasteiger charge is -2.35. The number of para-hydroxylation sites is 1. The van der Waals surface area contributed by atoms with Crippen LogP contribution in [-0.4, -0.2) is 43.0 Å². The van der Waals surface area contributed by atoms with Crippen LogP contribution in [0.3, 0.4) is 0 Å². The minimum atomic E-state index is -0.188. The topological polar surface area (TPSA) is 77.8 Å². The number of aryl methyl sites for hydroxylation is 1. The van der Waals surface area contributed by atoms with E-state index in [-0.39, 0.29) is 18.0 Å². The summed E-state index contributed by atoms with van der Waals surface area (Å²) in [6.45, 7) is 3.96. The Bertz CT molecular complexity index is 1070. The molecule has 1 aliphatic heterocycles. The molecule has 0 saturated carbocycles. The lowest BCUT2D eigenvalue weighted by molar-refractivity contribution is 0.0776. The predicted octanol–water partition coefficient (Wildman–Crippen LogP) is 4.65. The zero-order valence-corrected chi connectivity index (χ0v) is 19.1. The van der Waals surface area contributed by atoms with E-state index in [2.05, 4.69) is 15.5 Å². The number of piperidine rings is 1. The molecular weight excluding hydrogens is 416 g/mol. The molecule has 2 aromatic carbocycles. The van der Waals surface area contributed by atoms with Gasteiger partial charge in [0, 0.05) is 37.6 Å². The van der Waals surface area contributed by atoms with Crippen molar-refractivity contribution in [1.82, 2.24) is 10.2 Å². The summed E-state index contributed by atoms with van der Waals surface area (Å²) in [6.07, 6.45) is 3.24. The zero-order valence-electron chi connectivity index (χ0n) is 19.1. The Morgan fingerprint density at radius 3 is 2.45 bits per heavy atom. The standard InChI is InChI=1S/C26H30N4O3/c1-19-9-11-20(12-10-19)27-26(32)28-21-13-15-30(16-14-21)24-8-4-3-7-23(24)25(31)29(2)18-22-6-5-17-33-22/h3-12,17,21H,13-16,18H2,1-2H3,(H2,27,28,32). The monoisotopic (exact) mass is 446 g/mol. The zero-order chi connectivity index (χ0) is 23.2. The normalized spacial score (nSPS) is 14.1. The van der Waals surface area contributed by atoms with E-state index in [1.165, 1.54) is 0 Å². The fourth-order valence-electron chi connectivity index (χ4n) is 4.10. The van der Waals surface area contributed by atoms with E-state index in [0.717, 1.165) is 48.6 Å². The highest BCUT2D eigenvalue weighted by molar-refractivity contribution is 5.99. The highest BCUT2D eigenvalue weighted by Gasteiger charge is 2.25. The molecule has 33 heavy (non-hydrogen) atoms. The number of rotatable bonds is 6. The first-order chi connectivity index (χ1) is 16.0. The molecule has 7 heteroatoms. The fourth-order valence-corrected chi connectivity index (χ4v) is 4.10. The molecule has 3 amide bonds. The van der Waals surface area contributed by atoms with Crippen LogP contribution in [-0.2, 0) is 6.54 Å². The van der Waals surface area contributed by atoms with Gasteiger partial charge in [0.2, 0.25) is 0 Å². The van der Waals surface area contributed by atoms with Crippen molar-refractivity contribution in [2.75, 3.05) is 30.4 Å². The highest BCUT2D eigenvalue weighted by Crippen LogP contribution is 2.26. The van der Waals surface area contributed by atoms with Crippen LogP contribution < -0.4 is 15.5 Å². The van der Waals surface area contributed by atoms with Crippen LogP contribution in [0.25, 0.3) is 0 Å². The molecule has 3 aromatic rings. The summed E-state index contributed by atoms with van der Waals surface area (Å²) in [5, 5.41) is 5.96. The van der Waals surface area contributed by atoms with Gasteiger partial charge >= 0.3 is 6.03 Å². The minimum absolute atomic E-state index is 0.0419. The van der Waals surface area contributed by atoms with Crippen LogP contribution in [0, 0.1) is 6.92 Å². The average molecular weight is 447 g/mol. The molecule has 0 bridgehead atoms. The average Bonchev–Trinajstić information content (AvgIpc) is 3.33. The molecular formula is C26H30N4O3. The Morgan fingerprint density at radius 2 is 1.76 bits per heavy atom. The van der Waals surface area contributed by atoms with Crippen LogP contribution in [0.2, 0.25) is 0 Å². The number of benzene rings is 2. The first-order valence-corrected chi connectivity index (χ1v) is 11.3. The molecule has 0 unspecified atom stereocenters. The van der Waals surface area contributed by atoms with Gasteiger partial charge in [-0.3, -0.25) is 4.79 Å². The molecule has 4 rings (SSSR count). The third-order valence-electron chi connectivity index (χ3n) is 5.93. The van der Waals surface area contributed by atoms with Gasteiger partial charge < -0.3 is 24.9 Å². The number of amides is 3. The van der Waals surface area contributed by atoms with E-state index >= 15 is 0 Å². The maximum atomic E-state index is 13.1. The van der Waals surface area contributed by atoms with Gasteiger partial charge in [-0.15, -0.1) is 0 Å². The Hall–Kier alpha value is -3.74. The van der Waals surface area contributed by atoms with Gasteiger partial charge in [0.25, 0.3) is 5.91 Å². The second-order valence-electron chi connectivity index (χ2n) is 8.48. The van der Waals surface area contributed by atoms with Gasteiger partial charge in [-0.05, 0) is 56.2 Å². The third-order valence-corrected chi connectivity index (χ3v) is 5.93. The molecule has 2 N–H and O–H groups in total. The van der Waals surface area contributed by atoms with Gasteiger partial charge in [0.1, 0.15) is 5.76 Å². The summed E-state index contributed by atoms with van der Waals surface area (Å²) < 4.78 is 5.38. The van der Waals surface area contributed by atoms with E-state index in [0.29, 0.717) is 12.1 Å².